The highest BCUT2D eigenvalue weighted by Gasteiger charge is 2.13. The van der Waals surface area contributed by atoms with E-state index in [1.807, 2.05) is 25.3 Å². The number of aryl methyl sites for hydroxylation is 2. The highest BCUT2D eigenvalue weighted by molar-refractivity contribution is 7.19. The van der Waals surface area contributed by atoms with E-state index in [0.717, 1.165) is 30.2 Å². The molecule has 3 aromatic rings. The summed E-state index contributed by atoms with van der Waals surface area (Å²) in [7, 11) is 3.59. The van der Waals surface area contributed by atoms with Gasteiger partial charge in [0, 0.05) is 29.7 Å². The second-order valence-corrected chi connectivity index (χ2v) is 6.22. The molecule has 0 fully saturated rings. The number of benzene rings is 1. The van der Waals surface area contributed by atoms with Gasteiger partial charge in [-0.2, -0.15) is 5.10 Å². The van der Waals surface area contributed by atoms with Crippen LogP contribution in [0.5, 0.6) is 5.88 Å². The molecule has 0 radical (unpaired) electrons. The number of hydrogen-bond acceptors (Lipinski definition) is 4. The summed E-state index contributed by atoms with van der Waals surface area (Å²) in [5.74, 6) is 0.830. The van der Waals surface area contributed by atoms with Gasteiger partial charge < -0.3 is 10.1 Å². The molecule has 2 aromatic heterocycles. The fraction of sp³-hybridized carbons (Fsp3) is 0.312. The third-order valence-corrected chi connectivity index (χ3v) is 4.68. The van der Waals surface area contributed by atoms with Gasteiger partial charge in [-0.1, -0.05) is 18.2 Å². The lowest BCUT2D eigenvalue weighted by Gasteiger charge is -2.06. The Labute approximate surface area is 128 Å². The maximum Gasteiger partial charge on any atom is 0.216 e. The Balaban J connectivity index is 1.68. The van der Waals surface area contributed by atoms with Crippen molar-refractivity contribution in [2.75, 3.05) is 7.11 Å². The molecule has 0 atom stereocenters. The Hall–Kier alpha value is -1.85. The lowest BCUT2D eigenvalue weighted by molar-refractivity contribution is 0.368. The first-order valence-corrected chi connectivity index (χ1v) is 7.75. The normalized spacial score (nSPS) is 11.2. The monoisotopic (exact) mass is 301 g/mol. The van der Waals surface area contributed by atoms with Gasteiger partial charge in [0.05, 0.1) is 18.4 Å². The number of methoxy groups -OCH3 is 1. The van der Waals surface area contributed by atoms with E-state index in [4.69, 9.17) is 4.74 Å². The van der Waals surface area contributed by atoms with Crippen LogP contribution in [0.2, 0.25) is 0 Å². The van der Waals surface area contributed by atoms with E-state index in [0.29, 0.717) is 0 Å². The van der Waals surface area contributed by atoms with Crippen molar-refractivity contribution >= 4 is 21.4 Å². The van der Waals surface area contributed by atoms with Gasteiger partial charge in [-0.15, -0.1) is 11.3 Å². The van der Waals surface area contributed by atoms with Gasteiger partial charge in [0.25, 0.3) is 0 Å². The molecule has 2 heterocycles. The maximum atomic E-state index is 5.41. The van der Waals surface area contributed by atoms with Crippen LogP contribution < -0.4 is 10.1 Å². The van der Waals surface area contributed by atoms with Crippen LogP contribution in [0, 0.1) is 6.92 Å². The summed E-state index contributed by atoms with van der Waals surface area (Å²) in [6.45, 7) is 3.63. The Bertz CT molecular complexity index is 727. The van der Waals surface area contributed by atoms with Gasteiger partial charge in [0.2, 0.25) is 5.88 Å². The van der Waals surface area contributed by atoms with Crippen molar-refractivity contribution in [3.05, 3.63) is 46.5 Å². The van der Waals surface area contributed by atoms with Crippen molar-refractivity contribution in [2.45, 2.75) is 20.0 Å². The Morgan fingerprint density at radius 2 is 2.10 bits per heavy atom. The van der Waals surface area contributed by atoms with Crippen molar-refractivity contribution in [1.82, 2.24) is 15.1 Å². The SMILES string of the molecule is COc1c(CNCc2cc3ccccc3s2)c(C)nn1C. The zero-order valence-corrected chi connectivity index (χ0v) is 13.3. The number of aromatic nitrogens is 2. The van der Waals surface area contributed by atoms with Gasteiger partial charge in [-0.3, -0.25) is 0 Å². The number of fused-ring (bicyclic) bond motifs is 1. The molecule has 0 aliphatic carbocycles. The van der Waals surface area contributed by atoms with E-state index in [1.54, 1.807) is 11.8 Å². The zero-order chi connectivity index (χ0) is 14.8. The van der Waals surface area contributed by atoms with Crippen molar-refractivity contribution < 1.29 is 4.74 Å². The highest BCUT2D eigenvalue weighted by atomic mass is 32.1. The molecular formula is C16H19N3OS. The molecule has 4 nitrogen and oxygen atoms in total. The first-order valence-electron chi connectivity index (χ1n) is 6.93. The average molecular weight is 301 g/mol. The fourth-order valence-electron chi connectivity index (χ4n) is 2.57. The summed E-state index contributed by atoms with van der Waals surface area (Å²) in [5, 5.41) is 9.20. The van der Waals surface area contributed by atoms with Crippen LogP contribution >= 0.6 is 11.3 Å². The van der Waals surface area contributed by atoms with Crippen LogP contribution in [0.4, 0.5) is 0 Å². The second kappa shape index (κ2) is 5.87. The van der Waals surface area contributed by atoms with Gasteiger partial charge in [0.15, 0.2) is 0 Å². The molecular weight excluding hydrogens is 282 g/mol. The Kier molecular flexibility index (Phi) is 3.94. The second-order valence-electron chi connectivity index (χ2n) is 5.05. The predicted molar refractivity (Wildman–Crippen MR) is 86.9 cm³/mol. The third-order valence-electron chi connectivity index (χ3n) is 3.56. The van der Waals surface area contributed by atoms with Crippen LogP contribution in [0.15, 0.2) is 30.3 Å². The van der Waals surface area contributed by atoms with Crippen LogP contribution in [-0.4, -0.2) is 16.9 Å². The lowest BCUT2D eigenvalue weighted by atomic mass is 10.2. The molecule has 0 unspecified atom stereocenters. The topological polar surface area (TPSA) is 39.1 Å². The number of nitrogens with one attached hydrogen (secondary N) is 1. The molecule has 5 heteroatoms. The van der Waals surface area contributed by atoms with E-state index in [1.165, 1.54) is 15.0 Å². The molecule has 110 valence electrons. The van der Waals surface area contributed by atoms with E-state index in [2.05, 4.69) is 40.7 Å². The summed E-state index contributed by atoms with van der Waals surface area (Å²) < 4.78 is 8.53. The summed E-state index contributed by atoms with van der Waals surface area (Å²) in [6, 6.07) is 10.7. The number of nitrogens with zero attached hydrogens (tertiary/aromatic N) is 2. The molecule has 1 N–H and O–H groups in total. The number of rotatable bonds is 5. The summed E-state index contributed by atoms with van der Waals surface area (Å²) in [6.07, 6.45) is 0. The third kappa shape index (κ3) is 2.80. The van der Waals surface area contributed by atoms with E-state index < -0.39 is 0 Å². The molecule has 0 saturated carbocycles. The largest absolute Gasteiger partial charge is 0.481 e. The molecule has 0 amide bonds. The molecule has 0 aliphatic rings. The quantitative estimate of drug-likeness (QED) is 0.786. The van der Waals surface area contributed by atoms with Crippen LogP contribution in [-0.2, 0) is 20.1 Å². The number of thiophene rings is 1. The van der Waals surface area contributed by atoms with Gasteiger partial charge >= 0.3 is 0 Å². The smallest absolute Gasteiger partial charge is 0.216 e. The molecule has 0 bridgehead atoms. The number of ether oxygens (including phenoxy) is 1. The average Bonchev–Trinajstić information content (AvgIpc) is 2.99. The van der Waals surface area contributed by atoms with E-state index in [9.17, 15) is 0 Å². The van der Waals surface area contributed by atoms with Crippen molar-refractivity contribution in [3.8, 4) is 5.88 Å². The van der Waals surface area contributed by atoms with Gasteiger partial charge in [-0.25, -0.2) is 4.68 Å². The molecule has 0 spiro atoms. The minimum Gasteiger partial charge on any atom is -0.481 e. The van der Waals surface area contributed by atoms with E-state index in [-0.39, 0.29) is 0 Å². The molecule has 1 aromatic carbocycles. The molecule has 0 aliphatic heterocycles. The fourth-order valence-corrected chi connectivity index (χ4v) is 3.61. The maximum absolute atomic E-state index is 5.41. The van der Waals surface area contributed by atoms with Crippen LogP contribution in [0.25, 0.3) is 10.1 Å². The van der Waals surface area contributed by atoms with Crippen molar-refractivity contribution in [2.24, 2.45) is 7.05 Å². The molecule has 0 saturated heterocycles. The Morgan fingerprint density at radius 3 is 2.86 bits per heavy atom. The van der Waals surface area contributed by atoms with Crippen molar-refractivity contribution in [1.29, 1.82) is 0 Å². The summed E-state index contributed by atoms with van der Waals surface area (Å²) in [5.41, 5.74) is 2.14. The summed E-state index contributed by atoms with van der Waals surface area (Å²) in [4.78, 5) is 1.34. The predicted octanol–water partition coefficient (Wildman–Crippen LogP) is 3.24. The minimum absolute atomic E-state index is 0.761. The van der Waals surface area contributed by atoms with E-state index >= 15 is 0 Å². The molecule has 21 heavy (non-hydrogen) atoms. The Morgan fingerprint density at radius 1 is 1.29 bits per heavy atom. The minimum atomic E-state index is 0.761. The summed E-state index contributed by atoms with van der Waals surface area (Å²) >= 11 is 1.84. The molecule has 3 rings (SSSR count). The van der Waals surface area contributed by atoms with Crippen LogP contribution in [0.3, 0.4) is 0 Å². The lowest BCUT2D eigenvalue weighted by Crippen LogP contribution is -2.13. The van der Waals surface area contributed by atoms with Gasteiger partial charge in [0.1, 0.15) is 0 Å². The zero-order valence-electron chi connectivity index (χ0n) is 12.5. The van der Waals surface area contributed by atoms with Crippen LogP contribution in [0.1, 0.15) is 16.1 Å². The standard InChI is InChI=1S/C16H19N3OS/c1-11-14(16(20-3)19(2)18-11)10-17-9-13-8-12-6-4-5-7-15(12)21-13/h4-8,17H,9-10H2,1-3H3. The van der Waals surface area contributed by atoms with Gasteiger partial charge in [-0.05, 0) is 24.4 Å². The highest BCUT2D eigenvalue weighted by Crippen LogP contribution is 2.25. The first-order chi connectivity index (χ1) is 10.2. The van der Waals surface area contributed by atoms with Crippen molar-refractivity contribution in [3.63, 3.8) is 0 Å². The number of hydrogen-bond donors (Lipinski definition) is 1. The first kappa shape index (κ1) is 14.1.